The summed E-state index contributed by atoms with van der Waals surface area (Å²) in [4.78, 5) is 30.0. The maximum absolute atomic E-state index is 12.6. The van der Waals surface area contributed by atoms with Crippen molar-refractivity contribution in [3.05, 3.63) is 75.1 Å². The zero-order chi connectivity index (χ0) is 25.7. The molecule has 4 rings (SSSR count). The maximum Gasteiger partial charge on any atom is 0.348 e. The van der Waals surface area contributed by atoms with Gasteiger partial charge in [0.1, 0.15) is 26.5 Å². The van der Waals surface area contributed by atoms with Gasteiger partial charge in [0.15, 0.2) is 0 Å². The van der Waals surface area contributed by atoms with Crippen LogP contribution in [-0.4, -0.2) is 30.1 Å². The zero-order valence-corrected chi connectivity index (χ0v) is 21.6. The molecule has 0 fully saturated rings. The molecule has 0 radical (unpaired) electrons. The number of benzene rings is 2. The molecule has 0 atom stereocenters. The van der Waals surface area contributed by atoms with E-state index in [9.17, 15) is 14.9 Å². The van der Waals surface area contributed by atoms with Crippen LogP contribution in [0.15, 0.2) is 54.0 Å². The molecular formula is C27H23N3O4S2. The van der Waals surface area contributed by atoms with E-state index in [4.69, 9.17) is 14.5 Å². The number of aromatic nitrogens is 1. The van der Waals surface area contributed by atoms with Crippen LogP contribution in [-0.2, 0) is 9.47 Å². The number of carbonyl (C=O) groups excluding carboxylic acids is 2. The fourth-order valence-electron chi connectivity index (χ4n) is 3.71. The summed E-state index contributed by atoms with van der Waals surface area (Å²) in [7, 11) is 0. The molecule has 2 heterocycles. The highest BCUT2D eigenvalue weighted by atomic mass is 32.1. The molecule has 0 bridgehead atoms. The number of ether oxygens (including phenoxy) is 2. The van der Waals surface area contributed by atoms with Crippen molar-refractivity contribution < 1.29 is 19.1 Å². The predicted octanol–water partition coefficient (Wildman–Crippen LogP) is 6.66. The standard InChI is InChI=1S/C27H23N3O4S2/c1-4-33-26(31)22-16(3)23(27(32)34-5-2)36-25(22)29-14-18(13-28)24-30-21(15-35-24)20-12-8-10-17-9-6-7-11-19(17)20/h6-12,14-15,29H,4-5H2,1-3H3. The summed E-state index contributed by atoms with van der Waals surface area (Å²) >= 11 is 2.44. The van der Waals surface area contributed by atoms with E-state index in [1.165, 1.54) is 17.5 Å². The lowest BCUT2D eigenvalue weighted by Gasteiger charge is -2.05. The van der Waals surface area contributed by atoms with Gasteiger partial charge < -0.3 is 14.8 Å². The van der Waals surface area contributed by atoms with Crippen molar-refractivity contribution in [1.29, 1.82) is 5.26 Å². The van der Waals surface area contributed by atoms with E-state index in [1.807, 2.05) is 47.8 Å². The third-order valence-corrected chi connectivity index (χ3v) is 7.43. The van der Waals surface area contributed by atoms with Gasteiger partial charge in [-0.1, -0.05) is 42.5 Å². The Bertz CT molecular complexity index is 1510. The van der Waals surface area contributed by atoms with Crippen LogP contribution in [0.2, 0.25) is 0 Å². The van der Waals surface area contributed by atoms with E-state index in [0.717, 1.165) is 33.4 Å². The van der Waals surface area contributed by atoms with E-state index in [1.54, 1.807) is 20.8 Å². The SMILES string of the molecule is CCOC(=O)c1sc(NC=C(C#N)c2nc(-c3cccc4ccccc34)cs2)c(C(=O)OCC)c1C. The van der Waals surface area contributed by atoms with E-state index < -0.39 is 11.9 Å². The number of rotatable bonds is 8. The third-order valence-electron chi connectivity index (χ3n) is 5.36. The van der Waals surface area contributed by atoms with Crippen molar-refractivity contribution in [1.82, 2.24) is 4.98 Å². The van der Waals surface area contributed by atoms with Crippen LogP contribution in [0.5, 0.6) is 0 Å². The van der Waals surface area contributed by atoms with E-state index >= 15 is 0 Å². The van der Waals surface area contributed by atoms with Gasteiger partial charge in [-0.2, -0.15) is 5.26 Å². The summed E-state index contributed by atoms with van der Waals surface area (Å²) in [6.45, 7) is 5.51. The molecular weight excluding hydrogens is 494 g/mol. The van der Waals surface area contributed by atoms with Crippen LogP contribution in [0, 0.1) is 18.3 Å². The van der Waals surface area contributed by atoms with E-state index in [2.05, 4.69) is 11.4 Å². The molecule has 2 aromatic heterocycles. The van der Waals surface area contributed by atoms with Crippen molar-refractivity contribution in [2.75, 3.05) is 18.5 Å². The normalized spacial score (nSPS) is 11.2. The Morgan fingerprint density at radius 2 is 1.81 bits per heavy atom. The number of anilines is 1. The smallest absolute Gasteiger partial charge is 0.348 e. The molecule has 0 aliphatic rings. The number of carbonyl (C=O) groups is 2. The predicted molar refractivity (Wildman–Crippen MR) is 143 cm³/mol. The van der Waals surface area contributed by atoms with Gasteiger partial charge in [0.2, 0.25) is 0 Å². The summed E-state index contributed by atoms with van der Waals surface area (Å²) in [6, 6.07) is 16.3. The van der Waals surface area contributed by atoms with E-state index in [-0.39, 0.29) is 18.8 Å². The molecule has 2 aromatic carbocycles. The van der Waals surface area contributed by atoms with Gasteiger partial charge in [-0.25, -0.2) is 14.6 Å². The zero-order valence-electron chi connectivity index (χ0n) is 20.0. The topological polar surface area (TPSA) is 101 Å². The van der Waals surface area contributed by atoms with Gasteiger partial charge in [0.05, 0.1) is 24.5 Å². The van der Waals surface area contributed by atoms with Gasteiger partial charge in [0.25, 0.3) is 0 Å². The number of hydrogen-bond acceptors (Lipinski definition) is 9. The van der Waals surface area contributed by atoms with Crippen molar-refractivity contribution >= 4 is 56.0 Å². The number of esters is 2. The minimum atomic E-state index is -0.552. The molecule has 0 unspecified atom stereocenters. The summed E-state index contributed by atoms with van der Waals surface area (Å²) in [5.41, 5.74) is 2.77. The van der Waals surface area contributed by atoms with Crippen LogP contribution in [0.25, 0.3) is 27.6 Å². The number of thiophene rings is 1. The first-order valence-corrected chi connectivity index (χ1v) is 13.0. The van der Waals surface area contributed by atoms with Crippen LogP contribution >= 0.6 is 22.7 Å². The van der Waals surface area contributed by atoms with Gasteiger partial charge in [-0.05, 0) is 37.1 Å². The minimum Gasteiger partial charge on any atom is -0.462 e. The first kappa shape index (κ1) is 25.1. The highest BCUT2D eigenvalue weighted by molar-refractivity contribution is 7.18. The number of hydrogen-bond donors (Lipinski definition) is 1. The van der Waals surface area contributed by atoms with Crippen molar-refractivity contribution in [2.45, 2.75) is 20.8 Å². The molecule has 0 saturated heterocycles. The van der Waals surface area contributed by atoms with Crippen LogP contribution in [0.3, 0.4) is 0 Å². The van der Waals surface area contributed by atoms with E-state index in [0.29, 0.717) is 26.0 Å². The minimum absolute atomic E-state index is 0.192. The molecule has 0 aliphatic carbocycles. The van der Waals surface area contributed by atoms with Gasteiger partial charge >= 0.3 is 11.9 Å². The quantitative estimate of drug-likeness (QED) is 0.206. The number of nitrogens with zero attached hydrogens (tertiary/aromatic N) is 2. The monoisotopic (exact) mass is 517 g/mol. The van der Waals surface area contributed by atoms with Crippen molar-refractivity contribution in [2.24, 2.45) is 0 Å². The highest BCUT2D eigenvalue weighted by Crippen LogP contribution is 2.35. The summed E-state index contributed by atoms with van der Waals surface area (Å²) < 4.78 is 10.3. The van der Waals surface area contributed by atoms with Crippen molar-refractivity contribution in [3.63, 3.8) is 0 Å². The molecule has 1 N–H and O–H groups in total. The molecule has 9 heteroatoms. The lowest BCUT2D eigenvalue weighted by atomic mass is 10.0. The van der Waals surface area contributed by atoms with Crippen LogP contribution in [0.1, 0.15) is 44.4 Å². The van der Waals surface area contributed by atoms with Crippen LogP contribution < -0.4 is 5.32 Å². The Hall–Kier alpha value is -4.00. The summed E-state index contributed by atoms with van der Waals surface area (Å²) in [5.74, 6) is -1.06. The molecule has 0 aliphatic heterocycles. The fraction of sp³-hybridized carbons (Fsp3) is 0.185. The van der Waals surface area contributed by atoms with Gasteiger partial charge in [-0.3, -0.25) is 0 Å². The van der Waals surface area contributed by atoms with Crippen molar-refractivity contribution in [3.8, 4) is 17.3 Å². The summed E-state index contributed by atoms with van der Waals surface area (Å²) in [5, 5.41) is 17.9. The highest BCUT2D eigenvalue weighted by Gasteiger charge is 2.26. The second-order valence-electron chi connectivity index (χ2n) is 7.58. The maximum atomic E-state index is 12.6. The molecule has 0 spiro atoms. The van der Waals surface area contributed by atoms with Crippen LogP contribution in [0.4, 0.5) is 5.00 Å². The van der Waals surface area contributed by atoms with Gasteiger partial charge in [0, 0.05) is 17.1 Å². The molecule has 182 valence electrons. The Kier molecular flexibility index (Phi) is 7.78. The Morgan fingerprint density at radius 3 is 2.56 bits per heavy atom. The number of nitrogens with one attached hydrogen (secondary N) is 1. The average molecular weight is 518 g/mol. The number of thiazole rings is 1. The average Bonchev–Trinajstić information content (AvgIpc) is 3.49. The third kappa shape index (κ3) is 5.00. The number of allylic oxidation sites excluding steroid dienone is 1. The first-order valence-electron chi connectivity index (χ1n) is 11.3. The Morgan fingerprint density at radius 1 is 1.08 bits per heavy atom. The summed E-state index contributed by atoms with van der Waals surface area (Å²) in [6.07, 6.45) is 1.49. The largest absolute Gasteiger partial charge is 0.462 e. The van der Waals surface area contributed by atoms with Gasteiger partial charge in [-0.15, -0.1) is 22.7 Å². The lowest BCUT2D eigenvalue weighted by molar-refractivity contribution is 0.0527. The molecule has 0 amide bonds. The number of nitriles is 1. The molecule has 36 heavy (non-hydrogen) atoms. The lowest BCUT2D eigenvalue weighted by Crippen LogP contribution is -2.09. The molecule has 7 nitrogen and oxygen atoms in total. The fourth-order valence-corrected chi connectivity index (χ4v) is 5.55. The second kappa shape index (κ2) is 11.2. The first-order chi connectivity index (χ1) is 17.5. The molecule has 4 aromatic rings. The Balaban J connectivity index is 1.67. The molecule has 0 saturated carbocycles. The number of fused-ring (bicyclic) bond motifs is 1. The Labute approximate surface area is 216 Å². The second-order valence-corrected chi connectivity index (χ2v) is 9.46.